The molecule has 1 aliphatic rings. The molecule has 0 aromatic heterocycles. The summed E-state index contributed by atoms with van der Waals surface area (Å²) in [6.07, 6.45) is 1.94. The fourth-order valence-electron chi connectivity index (χ4n) is 1.63. The molecule has 0 amide bonds. The number of hydrogen-bond acceptors (Lipinski definition) is 3. The Bertz CT molecular complexity index is 358. The number of aliphatic hydroxyl groups excluding tert-OH is 1. The van der Waals surface area contributed by atoms with E-state index in [4.69, 9.17) is 9.84 Å². The number of carbonyl (C=O) groups is 1. The minimum atomic E-state index is -0.431. The smallest absolute Gasteiger partial charge is 0.188 e. The lowest BCUT2D eigenvalue weighted by Crippen LogP contribution is -2.10. The highest BCUT2D eigenvalue weighted by Crippen LogP contribution is 2.25. The van der Waals surface area contributed by atoms with Gasteiger partial charge in [-0.1, -0.05) is 0 Å². The summed E-state index contributed by atoms with van der Waals surface area (Å²) in [5.74, 6) is 0.629. The Labute approximate surface area is 82.3 Å². The lowest BCUT2D eigenvalue weighted by Gasteiger charge is -2.17. The molecule has 74 valence electrons. The number of ether oxygens (including phenoxy) is 1. The van der Waals surface area contributed by atoms with Gasteiger partial charge >= 0.3 is 0 Å². The summed E-state index contributed by atoms with van der Waals surface area (Å²) in [6.45, 7) is 0.319. The third-order valence-electron chi connectivity index (χ3n) is 2.37. The standard InChI is InChI=1S/C11H12O3/c12-7-10(13)8-3-4-11-9(6-8)2-1-5-14-11/h3-4,6,12H,1-2,5,7H2. The van der Waals surface area contributed by atoms with Gasteiger partial charge in [0.25, 0.3) is 0 Å². The molecule has 0 radical (unpaired) electrons. The van der Waals surface area contributed by atoms with Crippen LogP contribution in [0.4, 0.5) is 0 Å². The summed E-state index contributed by atoms with van der Waals surface area (Å²) in [7, 11) is 0. The molecule has 1 aliphatic heterocycles. The van der Waals surface area contributed by atoms with Gasteiger partial charge in [-0.2, -0.15) is 0 Å². The van der Waals surface area contributed by atoms with E-state index in [2.05, 4.69) is 0 Å². The quantitative estimate of drug-likeness (QED) is 0.716. The van der Waals surface area contributed by atoms with Gasteiger partial charge in [-0.25, -0.2) is 0 Å². The van der Waals surface area contributed by atoms with Crippen molar-refractivity contribution in [3.63, 3.8) is 0 Å². The third-order valence-corrected chi connectivity index (χ3v) is 2.37. The van der Waals surface area contributed by atoms with Crippen molar-refractivity contribution in [1.82, 2.24) is 0 Å². The van der Waals surface area contributed by atoms with E-state index in [1.54, 1.807) is 12.1 Å². The highest BCUT2D eigenvalue weighted by molar-refractivity contribution is 5.97. The first-order valence-electron chi connectivity index (χ1n) is 4.71. The second-order valence-electron chi connectivity index (χ2n) is 3.36. The van der Waals surface area contributed by atoms with Crippen molar-refractivity contribution in [3.8, 4) is 5.75 Å². The fourth-order valence-corrected chi connectivity index (χ4v) is 1.63. The van der Waals surface area contributed by atoms with Crippen LogP contribution < -0.4 is 4.74 Å². The van der Waals surface area contributed by atoms with Crippen molar-refractivity contribution in [1.29, 1.82) is 0 Å². The number of hydrogen-bond donors (Lipinski definition) is 1. The van der Waals surface area contributed by atoms with Crippen LogP contribution in [0.5, 0.6) is 5.75 Å². The summed E-state index contributed by atoms with van der Waals surface area (Å²) < 4.78 is 5.42. The largest absolute Gasteiger partial charge is 0.493 e. The number of aryl methyl sites for hydroxylation is 1. The van der Waals surface area contributed by atoms with Crippen LogP contribution in [0, 0.1) is 0 Å². The molecule has 1 heterocycles. The molecule has 1 aromatic rings. The van der Waals surface area contributed by atoms with E-state index in [-0.39, 0.29) is 5.78 Å². The Kier molecular flexibility index (Phi) is 2.50. The zero-order valence-corrected chi connectivity index (χ0v) is 7.82. The first-order chi connectivity index (χ1) is 6.81. The maximum Gasteiger partial charge on any atom is 0.188 e. The van der Waals surface area contributed by atoms with Crippen LogP contribution in [0.15, 0.2) is 18.2 Å². The molecule has 3 heteroatoms. The van der Waals surface area contributed by atoms with Crippen LogP contribution in [-0.4, -0.2) is 24.1 Å². The van der Waals surface area contributed by atoms with Gasteiger partial charge in [0.2, 0.25) is 0 Å². The average Bonchev–Trinajstić information content (AvgIpc) is 2.27. The Balaban J connectivity index is 2.33. The predicted octanol–water partition coefficient (Wildman–Crippen LogP) is 1.19. The summed E-state index contributed by atoms with van der Waals surface area (Å²) >= 11 is 0. The van der Waals surface area contributed by atoms with Crippen LogP contribution in [-0.2, 0) is 6.42 Å². The van der Waals surface area contributed by atoms with E-state index in [1.165, 1.54) is 0 Å². The summed E-state index contributed by atoms with van der Waals surface area (Å²) in [5.41, 5.74) is 1.63. The van der Waals surface area contributed by atoms with Gasteiger partial charge in [0.05, 0.1) is 6.61 Å². The predicted molar refractivity (Wildman–Crippen MR) is 51.7 cm³/mol. The Morgan fingerprint density at radius 2 is 2.36 bits per heavy atom. The van der Waals surface area contributed by atoms with Crippen LogP contribution in [0.3, 0.4) is 0 Å². The molecule has 0 saturated heterocycles. The monoisotopic (exact) mass is 192 g/mol. The highest BCUT2D eigenvalue weighted by Gasteiger charge is 2.12. The average molecular weight is 192 g/mol. The molecule has 3 nitrogen and oxygen atoms in total. The Morgan fingerprint density at radius 3 is 3.14 bits per heavy atom. The van der Waals surface area contributed by atoms with Gasteiger partial charge in [-0.15, -0.1) is 0 Å². The van der Waals surface area contributed by atoms with Crippen molar-refractivity contribution in [2.24, 2.45) is 0 Å². The first kappa shape index (κ1) is 9.21. The molecule has 1 aromatic carbocycles. The highest BCUT2D eigenvalue weighted by atomic mass is 16.5. The summed E-state index contributed by atoms with van der Waals surface area (Å²) in [5, 5.41) is 8.71. The molecular weight excluding hydrogens is 180 g/mol. The van der Waals surface area contributed by atoms with Gasteiger partial charge in [0, 0.05) is 5.56 Å². The molecular formula is C11H12O3. The van der Waals surface area contributed by atoms with Gasteiger partial charge in [0.15, 0.2) is 5.78 Å². The molecule has 0 aliphatic carbocycles. The fraction of sp³-hybridized carbons (Fsp3) is 0.364. The summed E-state index contributed by atoms with van der Waals surface area (Å²) in [6, 6.07) is 5.31. The van der Waals surface area contributed by atoms with E-state index in [9.17, 15) is 4.79 Å². The molecule has 0 unspecified atom stereocenters. The SMILES string of the molecule is O=C(CO)c1ccc2c(c1)CCCO2. The maximum atomic E-state index is 11.2. The second-order valence-corrected chi connectivity index (χ2v) is 3.36. The van der Waals surface area contributed by atoms with Crippen LogP contribution in [0.1, 0.15) is 22.3 Å². The van der Waals surface area contributed by atoms with Crippen LogP contribution in [0.2, 0.25) is 0 Å². The summed E-state index contributed by atoms with van der Waals surface area (Å²) in [4.78, 5) is 11.2. The molecule has 0 saturated carbocycles. The lowest BCUT2D eigenvalue weighted by molar-refractivity contribution is 0.0903. The second kappa shape index (κ2) is 3.80. The van der Waals surface area contributed by atoms with E-state index in [1.807, 2.05) is 6.07 Å². The molecule has 0 bridgehead atoms. The number of fused-ring (bicyclic) bond motifs is 1. The number of Topliss-reactive ketones (excluding diaryl/α,β-unsaturated/α-hetero) is 1. The molecule has 0 atom stereocenters. The minimum absolute atomic E-state index is 0.238. The van der Waals surface area contributed by atoms with Crippen molar-refractivity contribution < 1.29 is 14.6 Å². The molecule has 0 spiro atoms. The third kappa shape index (κ3) is 1.63. The van der Waals surface area contributed by atoms with E-state index >= 15 is 0 Å². The van der Waals surface area contributed by atoms with E-state index < -0.39 is 6.61 Å². The first-order valence-corrected chi connectivity index (χ1v) is 4.71. The molecule has 14 heavy (non-hydrogen) atoms. The van der Waals surface area contributed by atoms with Gasteiger partial charge < -0.3 is 9.84 Å². The number of benzene rings is 1. The zero-order valence-electron chi connectivity index (χ0n) is 7.82. The molecule has 2 rings (SSSR count). The number of aliphatic hydroxyl groups is 1. The van der Waals surface area contributed by atoms with Gasteiger partial charge in [-0.3, -0.25) is 4.79 Å². The Morgan fingerprint density at radius 1 is 1.50 bits per heavy atom. The van der Waals surface area contributed by atoms with Gasteiger partial charge in [-0.05, 0) is 36.6 Å². The van der Waals surface area contributed by atoms with Crippen molar-refractivity contribution in [3.05, 3.63) is 29.3 Å². The van der Waals surface area contributed by atoms with E-state index in [0.717, 1.165) is 30.8 Å². The Hall–Kier alpha value is -1.35. The molecule has 0 fully saturated rings. The van der Waals surface area contributed by atoms with Crippen molar-refractivity contribution in [2.75, 3.05) is 13.2 Å². The number of ketones is 1. The number of rotatable bonds is 2. The normalized spacial score (nSPS) is 14.4. The van der Waals surface area contributed by atoms with E-state index in [0.29, 0.717) is 5.56 Å². The maximum absolute atomic E-state index is 11.2. The van der Waals surface area contributed by atoms with Crippen LogP contribution in [0.25, 0.3) is 0 Å². The van der Waals surface area contributed by atoms with Crippen molar-refractivity contribution in [2.45, 2.75) is 12.8 Å². The van der Waals surface area contributed by atoms with Gasteiger partial charge in [0.1, 0.15) is 12.4 Å². The lowest BCUT2D eigenvalue weighted by atomic mass is 10.0. The zero-order chi connectivity index (χ0) is 9.97. The number of carbonyl (C=O) groups excluding carboxylic acids is 1. The molecule has 1 N–H and O–H groups in total. The topological polar surface area (TPSA) is 46.5 Å². The minimum Gasteiger partial charge on any atom is -0.493 e. The van der Waals surface area contributed by atoms with Crippen molar-refractivity contribution >= 4 is 5.78 Å². The van der Waals surface area contributed by atoms with Crippen LogP contribution >= 0.6 is 0 Å².